The molecule has 0 spiro atoms. The summed E-state index contributed by atoms with van der Waals surface area (Å²) in [5.74, 6) is 1.61. The van der Waals surface area contributed by atoms with Crippen molar-refractivity contribution in [1.82, 2.24) is 15.0 Å². The van der Waals surface area contributed by atoms with Crippen molar-refractivity contribution in [1.29, 1.82) is 0 Å². The first kappa shape index (κ1) is 13.5. The lowest BCUT2D eigenvalue weighted by molar-refractivity contribution is 0.307. The predicted molar refractivity (Wildman–Crippen MR) is 66.2 cm³/mol. The maximum Gasteiger partial charge on any atom is 0.321 e. The zero-order valence-corrected chi connectivity index (χ0v) is 11.3. The summed E-state index contributed by atoms with van der Waals surface area (Å²) >= 11 is 7.36. The molecule has 4 nitrogen and oxygen atoms in total. The van der Waals surface area contributed by atoms with Gasteiger partial charge in [0, 0.05) is 5.75 Å². The Bertz CT molecular complexity index is 338. The molecule has 0 aliphatic heterocycles. The molecule has 0 radical (unpaired) electrons. The largest absolute Gasteiger partial charge is 0.464 e. The molecular formula is C10H16ClN3OS. The van der Waals surface area contributed by atoms with Crippen molar-refractivity contribution in [3.8, 4) is 6.01 Å². The standard InChI is InChI=1S/C10H16ClN3OS/c1-4-7(3)6-16-10-13-8(11)12-9(14-10)15-5-2/h7H,4-6H2,1-3H3. The summed E-state index contributed by atoms with van der Waals surface area (Å²) in [4.78, 5) is 12.1. The lowest BCUT2D eigenvalue weighted by atomic mass is 10.2. The Labute approximate surface area is 105 Å². The van der Waals surface area contributed by atoms with Crippen LogP contribution in [-0.2, 0) is 0 Å². The Morgan fingerprint density at radius 1 is 1.31 bits per heavy atom. The van der Waals surface area contributed by atoms with Gasteiger partial charge in [0.1, 0.15) is 0 Å². The molecule has 1 aromatic rings. The van der Waals surface area contributed by atoms with E-state index in [0.29, 0.717) is 23.7 Å². The van der Waals surface area contributed by atoms with Gasteiger partial charge in [0.05, 0.1) is 6.61 Å². The van der Waals surface area contributed by atoms with Crippen LogP contribution >= 0.6 is 23.4 Å². The van der Waals surface area contributed by atoms with Gasteiger partial charge in [-0.05, 0) is 24.4 Å². The van der Waals surface area contributed by atoms with E-state index in [1.807, 2.05) is 6.92 Å². The fraction of sp³-hybridized carbons (Fsp3) is 0.700. The van der Waals surface area contributed by atoms with Crippen LogP contribution in [0.1, 0.15) is 27.2 Å². The second-order valence-corrected chi connectivity index (χ2v) is 4.75. The number of aromatic nitrogens is 3. The normalized spacial score (nSPS) is 12.5. The minimum atomic E-state index is 0.185. The molecule has 0 bridgehead atoms. The average molecular weight is 262 g/mol. The monoisotopic (exact) mass is 261 g/mol. The van der Waals surface area contributed by atoms with Crippen molar-refractivity contribution < 1.29 is 4.74 Å². The lowest BCUT2D eigenvalue weighted by Crippen LogP contribution is -2.02. The van der Waals surface area contributed by atoms with Gasteiger partial charge in [0.2, 0.25) is 5.28 Å². The summed E-state index contributed by atoms with van der Waals surface area (Å²) in [7, 11) is 0. The van der Waals surface area contributed by atoms with E-state index in [2.05, 4.69) is 28.8 Å². The molecule has 0 saturated carbocycles. The van der Waals surface area contributed by atoms with E-state index in [4.69, 9.17) is 16.3 Å². The van der Waals surface area contributed by atoms with Crippen LogP contribution in [-0.4, -0.2) is 27.3 Å². The predicted octanol–water partition coefficient (Wildman–Crippen LogP) is 3.06. The fourth-order valence-electron chi connectivity index (χ4n) is 0.908. The molecular weight excluding hydrogens is 246 g/mol. The van der Waals surface area contributed by atoms with Crippen LogP contribution in [0, 0.1) is 5.92 Å². The van der Waals surface area contributed by atoms with Crippen molar-refractivity contribution in [2.24, 2.45) is 5.92 Å². The maximum atomic E-state index is 5.78. The molecule has 1 unspecified atom stereocenters. The number of hydrogen-bond donors (Lipinski definition) is 0. The maximum absolute atomic E-state index is 5.78. The van der Waals surface area contributed by atoms with Crippen molar-refractivity contribution in [2.75, 3.05) is 12.4 Å². The van der Waals surface area contributed by atoms with Crippen LogP contribution in [0.15, 0.2) is 5.16 Å². The molecule has 1 heterocycles. The van der Waals surface area contributed by atoms with Crippen molar-refractivity contribution >= 4 is 23.4 Å². The second kappa shape index (κ2) is 6.91. The Morgan fingerprint density at radius 3 is 2.69 bits per heavy atom. The van der Waals surface area contributed by atoms with Gasteiger partial charge in [0.25, 0.3) is 0 Å². The third-order valence-corrected chi connectivity index (χ3v) is 3.38. The Kier molecular flexibility index (Phi) is 5.84. The smallest absolute Gasteiger partial charge is 0.321 e. The number of halogens is 1. The molecule has 16 heavy (non-hydrogen) atoms. The average Bonchev–Trinajstić information content (AvgIpc) is 2.25. The van der Waals surface area contributed by atoms with Crippen LogP contribution in [0.4, 0.5) is 0 Å². The number of hydrogen-bond acceptors (Lipinski definition) is 5. The first-order chi connectivity index (χ1) is 7.65. The van der Waals surface area contributed by atoms with E-state index in [1.54, 1.807) is 11.8 Å². The van der Waals surface area contributed by atoms with Crippen molar-refractivity contribution in [2.45, 2.75) is 32.3 Å². The molecule has 0 N–H and O–H groups in total. The molecule has 0 saturated heterocycles. The van der Waals surface area contributed by atoms with Gasteiger partial charge in [-0.1, -0.05) is 32.0 Å². The molecule has 0 aliphatic carbocycles. The van der Waals surface area contributed by atoms with Gasteiger partial charge in [-0.2, -0.15) is 15.0 Å². The highest BCUT2D eigenvalue weighted by atomic mass is 35.5. The first-order valence-corrected chi connectivity index (χ1v) is 6.69. The Balaban J connectivity index is 2.64. The molecule has 1 aromatic heterocycles. The summed E-state index contributed by atoms with van der Waals surface area (Å²) < 4.78 is 5.20. The molecule has 0 fully saturated rings. The van der Waals surface area contributed by atoms with Crippen LogP contribution in [0.3, 0.4) is 0 Å². The van der Waals surface area contributed by atoms with Crippen LogP contribution in [0.5, 0.6) is 6.01 Å². The van der Waals surface area contributed by atoms with Crippen molar-refractivity contribution in [3.05, 3.63) is 5.28 Å². The second-order valence-electron chi connectivity index (χ2n) is 3.43. The van der Waals surface area contributed by atoms with Gasteiger partial charge >= 0.3 is 6.01 Å². The highest BCUT2D eigenvalue weighted by Crippen LogP contribution is 2.21. The summed E-state index contributed by atoms with van der Waals surface area (Å²) in [6.45, 7) is 6.76. The summed E-state index contributed by atoms with van der Waals surface area (Å²) in [5.41, 5.74) is 0. The summed E-state index contributed by atoms with van der Waals surface area (Å²) in [6, 6.07) is 0.300. The van der Waals surface area contributed by atoms with E-state index in [9.17, 15) is 0 Å². The lowest BCUT2D eigenvalue weighted by Gasteiger charge is -2.07. The molecule has 0 aliphatic rings. The molecule has 0 amide bonds. The first-order valence-electron chi connectivity index (χ1n) is 5.32. The number of nitrogens with zero attached hydrogens (tertiary/aromatic N) is 3. The highest BCUT2D eigenvalue weighted by molar-refractivity contribution is 7.99. The molecule has 6 heteroatoms. The number of thioether (sulfide) groups is 1. The number of ether oxygens (including phenoxy) is 1. The van der Waals surface area contributed by atoms with Gasteiger partial charge in [-0.3, -0.25) is 0 Å². The van der Waals surface area contributed by atoms with Crippen molar-refractivity contribution in [3.63, 3.8) is 0 Å². The van der Waals surface area contributed by atoms with E-state index < -0.39 is 0 Å². The van der Waals surface area contributed by atoms with Gasteiger partial charge < -0.3 is 4.74 Å². The van der Waals surface area contributed by atoms with Gasteiger partial charge in [-0.25, -0.2) is 0 Å². The molecule has 0 aromatic carbocycles. The molecule has 90 valence electrons. The minimum Gasteiger partial charge on any atom is -0.464 e. The van der Waals surface area contributed by atoms with E-state index >= 15 is 0 Å². The van der Waals surface area contributed by atoms with Crippen LogP contribution in [0.2, 0.25) is 5.28 Å². The SMILES string of the molecule is CCOc1nc(Cl)nc(SCC(C)CC)n1. The fourth-order valence-corrected chi connectivity index (χ4v) is 2.07. The summed E-state index contributed by atoms with van der Waals surface area (Å²) in [5, 5.41) is 0.814. The highest BCUT2D eigenvalue weighted by Gasteiger charge is 2.08. The van der Waals surface area contributed by atoms with Gasteiger partial charge in [-0.15, -0.1) is 0 Å². The zero-order chi connectivity index (χ0) is 12.0. The van der Waals surface area contributed by atoms with Gasteiger partial charge in [0.15, 0.2) is 5.16 Å². The summed E-state index contributed by atoms with van der Waals surface area (Å²) in [6.07, 6.45) is 1.14. The molecule has 1 atom stereocenters. The quantitative estimate of drug-likeness (QED) is 0.737. The Hall–Kier alpha value is -0.550. The third kappa shape index (κ3) is 4.53. The van der Waals surface area contributed by atoms with E-state index in [0.717, 1.165) is 12.2 Å². The van der Waals surface area contributed by atoms with E-state index in [-0.39, 0.29) is 5.28 Å². The minimum absolute atomic E-state index is 0.185. The molecule has 1 rings (SSSR count). The zero-order valence-electron chi connectivity index (χ0n) is 9.73. The Morgan fingerprint density at radius 2 is 2.06 bits per heavy atom. The van der Waals surface area contributed by atoms with Crippen LogP contribution in [0.25, 0.3) is 0 Å². The number of rotatable bonds is 6. The topological polar surface area (TPSA) is 47.9 Å². The van der Waals surface area contributed by atoms with Crippen LogP contribution < -0.4 is 4.74 Å². The van der Waals surface area contributed by atoms with E-state index in [1.165, 1.54) is 0 Å². The third-order valence-electron chi connectivity index (χ3n) is 2.03.